The van der Waals surface area contributed by atoms with Gasteiger partial charge in [-0.3, -0.25) is 14.4 Å². The Morgan fingerprint density at radius 1 is 1.23 bits per heavy atom. The number of hydrogen-bond donors (Lipinski definition) is 2. The molecular formula is C21H22BrN3O5S. The van der Waals surface area contributed by atoms with Crippen LogP contribution >= 0.6 is 27.3 Å². The topological polar surface area (TPSA) is 99.2 Å². The van der Waals surface area contributed by atoms with Crippen molar-refractivity contribution in [3.05, 3.63) is 44.6 Å². The Bertz CT molecular complexity index is 1030. The van der Waals surface area contributed by atoms with Gasteiger partial charge in [-0.05, 0) is 58.7 Å². The smallest absolute Gasteiger partial charge is 0.261 e. The van der Waals surface area contributed by atoms with Crippen molar-refractivity contribution in [2.45, 2.75) is 25.5 Å². The third kappa shape index (κ3) is 4.52. The summed E-state index contributed by atoms with van der Waals surface area (Å²) in [4.78, 5) is 41.1. The van der Waals surface area contributed by atoms with E-state index in [9.17, 15) is 19.5 Å². The average molecular weight is 508 g/mol. The van der Waals surface area contributed by atoms with Crippen molar-refractivity contribution >= 4 is 56.4 Å². The lowest BCUT2D eigenvalue weighted by molar-refractivity contribution is -0.124. The van der Waals surface area contributed by atoms with Gasteiger partial charge in [0.15, 0.2) is 6.10 Å². The maximum absolute atomic E-state index is 12.7. The Hall–Kier alpha value is -2.27. The van der Waals surface area contributed by atoms with Gasteiger partial charge in [0.2, 0.25) is 5.91 Å². The number of carbonyl (C=O) groups excluding carboxylic acids is 3. The highest BCUT2D eigenvalue weighted by Gasteiger charge is 2.41. The number of hydrogen-bond acceptors (Lipinski definition) is 6. The number of rotatable bonds is 4. The molecule has 2 unspecified atom stereocenters. The monoisotopic (exact) mass is 507 g/mol. The molecule has 2 aromatic rings. The van der Waals surface area contributed by atoms with Crippen molar-refractivity contribution in [2.75, 3.05) is 36.1 Å². The fourth-order valence-electron chi connectivity index (χ4n) is 3.79. The Labute approximate surface area is 191 Å². The number of amides is 3. The van der Waals surface area contributed by atoms with Crippen LogP contribution in [0.3, 0.4) is 0 Å². The van der Waals surface area contributed by atoms with Gasteiger partial charge in [-0.1, -0.05) is 0 Å². The van der Waals surface area contributed by atoms with Gasteiger partial charge in [-0.2, -0.15) is 0 Å². The standard InChI is InChI=1S/C21H22BrN3O5S/c1-12-10-13(2-3-15(12)24-7-9-30-8-6-18(24)26)25-11-14(19(27)21(25)29)23-20(28)16-4-5-17(22)31-16/h2-5,10,14,19,27H,6-9,11H2,1H3,(H,23,28). The zero-order valence-electron chi connectivity index (χ0n) is 16.8. The number of anilines is 2. The lowest BCUT2D eigenvalue weighted by Gasteiger charge is -2.24. The van der Waals surface area contributed by atoms with Crippen molar-refractivity contribution in [1.29, 1.82) is 0 Å². The summed E-state index contributed by atoms with van der Waals surface area (Å²) in [6.07, 6.45) is -0.989. The molecule has 2 aliphatic rings. The molecular weight excluding hydrogens is 486 g/mol. The highest BCUT2D eigenvalue weighted by molar-refractivity contribution is 9.11. The average Bonchev–Trinajstić information content (AvgIpc) is 3.21. The molecule has 0 bridgehead atoms. The number of nitrogens with zero attached hydrogens (tertiary/aromatic N) is 2. The fourth-order valence-corrected chi connectivity index (χ4v) is 5.08. The number of ether oxygens (including phenoxy) is 1. The lowest BCUT2D eigenvalue weighted by atomic mass is 10.1. The van der Waals surface area contributed by atoms with Crippen molar-refractivity contribution in [3.8, 4) is 0 Å². The van der Waals surface area contributed by atoms with Gasteiger partial charge < -0.3 is 25.0 Å². The predicted octanol–water partition coefficient (Wildman–Crippen LogP) is 2.08. The first-order valence-electron chi connectivity index (χ1n) is 9.89. The van der Waals surface area contributed by atoms with Crippen LogP contribution in [0.4, 0.5) is 11.4 Å². The molecule has 0 radical (unpaired) electrons. The fraction of sp³-hybridized carbons (Fsp3) is 0.381. The summed E-state index contributed by atoms with van der Waals surface area (Å²) in [6.45, 7) is 3.41. The molecule has 2 N–H and O–H groups in total. The summed E-state index contributed by atoms with van der Waals surface area (Å²) in [5.41, 5.74) is 2.23. The molecule has 0 spiro atoms. The molecule has 0 aliphatic carbocycles. The van der Waals surface area contributed by atoms with Crippen LogP contribution in [0.2, 0.25) is 0 Å². The maximum atomic E-state index is 12.7. The number of aliphatic hydroxyl groups excluding tert-OH is 1. The van der Waals surface area contributed by atoms with Crippen molar-refractivity contribution < 1.29 is 24.2 Å². The second-order valence-electron chi connectivity index (χ2n) is 7.46. The van der Waals surface area contributed by atoms with Gasteiger partial charge in [-0.25, -0.2) is 0 Å². The lowest BCUT2D eigenvalue weighted by Crippen LogP contribution is -2.43. The van der Waals surface area contributed by atoms with E-state index in [1.54, 1.807) is 23.1 Å². The van der Waals surface area contributed by atoms with E-state index in [1.807, 2.05) is 19.1 Å². The second-order valence-corrected chi connectivity index (χ2v) is 9.92. The Kier molecular flexibility index (Phi) is 6.42. The zero-order chi connectivity index (χ0) is 22.1. The van der Waals surface area contributed by atoms with Crippen LogP contribution in [-0.2, 0) is 14.3 Å². The van der Waals surface area contributed by atoms with Crippen LogP contribution in [0.1, 0.15) is 21.7 Å². The zero-order valence-corrected chi connectivity index (χ0v) is 19.2. The van der Waals surface area contributed by atoms with Gasteiger partial charge in [-0.15, -0.1) is 11.3 Å². The predicted molar refractivity (Wildman–Crippen MR) is 121 cm³/mol. The van der Waals surface area contributed by atoms with E-state index in [-0.39, 0.29) is 18.4 Å². The van der Waals surface area contributed by atoms with Gasteiger partial charge >= 0.3 is 0 Å². The van der Waals surface area contributed by atoms with E-state index in [1.165, 1.54) is 16.2 Å². The van der Waals surface area contributed by atoms with E-state index < -0.39 is 18.1 Å². The Balaban J connectivity index is 1.50. The molecule has 0 saturated carbocycles. The van der Waals surface area contributed by atoms with Crippen LogP contribution in [0.15, 0.2) is 34.1 Å². The quantitative estimate of drug-likeness (QED) is 0.659. The molecule has 1 aromatic heterocycles. The number of aliphatic hydroxyl groups is 1. The molecule has 4 rings (SSSR count). The molecule has 31 heavy (non-hydrogen) atoms. The number of halogens is 1. The molecule has 164 valence electrons. The van der Waals surface area contributed by atoms with Crippen molar-refractivity contribution in [2.24, 2.45) is 0 Å². The SMILES string of the molecule is Cc1cc(N2CC(NC(=O)c3ccc(Br)s3)C(O)C2=O)ccc1N1CCOCCC1=O. The summed E-state index contributed by atoms with van der Waals surface area (Å²) >= 11 is 4.60. The van der Waals surface area contributed by atoms with E-state index in [0.29, 0.717) is 36.7 Å². The minimum absolute atomic E-state index is 0.00371. The number of nitrogens with one attached hydrogen (secondary N) is 1. The third-order valence-electron chi connectivity index (χ3n) is 5.40. The van der Waals surface area contributed by atoms with Crippen LogP contribution in [0.25, 0.3) is 0 Å². The summed E-state index contributed by atoms with van der Waals surface area (Å²) < 4.78 is 6.21. The minimum atomic E-state index is -1.32. The first-order valence-corrected chi connectivity index (χ1v) is 11.5. The second kappa shape index (κ2) is 9.07. The number of benzene rings is 1. The van der Waals surface area contributed by atoms with Crippen molar-refractivity contribution in [1.82, 2.24) is 5.32 Å². The number of aryl methyl sites for hydroxylation is 1. The maximum Gasteiger partial charge on any atom is 0.261 e. The van der Waals surface area contributed by atoms with E-state index >= 15 is 0 Å². The minimum Gasteiger partial charge on any atom is -0.381 e. The summed E-state index contributed by atoms with van der Waals surface area (Å²) in [5.74, 6) is -0.795. The molecule has 2 fully saturated rings. The molecule has 2 atom stereocenters. The van der Waals surface area contributed by atoms with Gasteiger partial charge in [0, 0.05) is 24.5 Å². The molecule has 2 aliphatic heterocycles. The highest BCUT2D eigenvalue weighted by atomic mass is 79.9. The normalized spacial score (nSPS) is 22.0. The van der Waals surface area contributed by atoms with Crippen LogP contribution < -0.4 is 15.1 Å². The van der Waals surface area contributed by atoms with Crippen LogP contribution in [0.5, 0.6) is 0 Å². The Morgan fingerprint density at radius 2 is 2.03 bits per heavy atom. The molecule has 3 amide bonds. The van der Waals surface area contributed by atoms with E-state index in [4.69, 9.17) is 4.74 Å². The highest BCUT2D eigenvalue weighted by Crippen LogP contribution is 2.30. The summed E-state index contributed by atoms with van der Waals surface area (Å²) in [7, 11) is 0. The number of carbonyl (C=O) groups is 3. The van der Waals surface area contributed by atoms with E-state index in [2.05, 4.69) is 21.2 Å². The first-order chi connectivity index (χ1) is 14.8. The summed E-state index contributed by atoms with van der Waals surface area (Å²) in [5, 5.41) is 13.2. The molecule has 10 heteroatoms. The van der Waals surface area contributed by atoms with Gasteiger partial charge in [0.05, 0.1) is 34.3 Å². The van der Waals surface area contributed by atoms with Crippen LogP contribution in [-0.4, -0.2) is 61.3 Å². The molecule has 1 aromatic carbocycles. The molecule has 8 nitrogen and oxygen atoms in total. The van der Waals surface area contributed by atoms with Crippen LogP contribution in [0, 0.1) is 6.92 Å². The van der Waals surface area contributed by atoms with Gasteiger partial charge in [0.1, 0.15) is 0 Å². The van der Waals surface area contributed by atoms with Gasteiger partial charge in [0.25, 0.3) is 11.8 Å². The first kappa shape index (κ1) is 21.9. The molecule has 2 saturated heterocycles. The largest absolute Gasteiger partial charge is 0.381 e. The molecule has 3 heterocycles. The number of thiophene rings is 1. The van der Waals surface area contributed by atoms with Crippen molar-refractivity contribution in [3.63, 3.8) is 0 Å². The third-order valence-corrected chi connectivity index (χ3v) is 7.02. The van der Waals surface area contributed by atoms with E-state index in [0.717, 1.165) is 15.0 Å². The Morgan fingerprint density at radius 3 is 2.74 bits per heavy atom. The summed E-state index contributed by atoms with van der Waals surface area (Å²) in [6, 6.07) is 8.12.